The Bertz CT molecular complexity index is 1030. The molecule has 1 amide bonds. The second-order valence-electron chi connectivity index (χ2n) is 7.16. The van der Waals surface area contributed by atoms with E-state index in [9.17, 15) is 9.59 Å². The molecule has 0 atom stereocenters. The van der Waals surface area contributed by atoms with Gasteiger partial charge in [0.1, 0.15) is 5.75 Å². The number of carboxylic acid groups (broad SMARTS) is 1. The first-order chi connectivity index (χ1) is 13.1. The van der Waals surface area contributed by atoms with Crippen LogP contribution in [0.4, 0.5) is 0 Å². The summed E-state index contributed by atoms with van der Waals surface area (Å²) in [5.41, 5.74) is 7.93. The highest BCUT2D eigenvalue weighted by atomic mass is 16.5. The van der Waals surface area contributed by atoms with Crippen LogP contribution in [0.3, 0.4) is 0 Å². The number of hydrogen-bond donors (Lipinski definition) is 2. The topological polar surface area (TPSA) is 94.6 Å². The number of primary amides is 1. The van der Waals surface area contributed by atoms with Crippen molar-refractivity contribution in [2.45, 2.75) is 32.2 Å². The zero-order valence-corrected chi connectivity index (χ0v) is 15.0. The Kier molecular flexibility index (Phi) is 4.48. The largest absolute Gasteiger partial charge is 0.481 e. The zero-order valence-electron chi connectivity index (χ0n) is 15.0. The average molecular weight is 366 g/mol. The van der Waals surface area contributed by atoms with Crippen LogP contribution in [0.5, 0.6) is 5.75 Å². The van der Waals surface area contributed by atoms with Crippen LogP contribution in [-0.4, -0.2) is 28.2 Å². The number of carbonyl (C=O) groups excluding carboxylic acids is 1. The monoisotopic (exact) mass is 366 g/mol. The lowest BCUT2D eigenvalue weighted by molar-refractivity contribution is -0.139. The van der Waals surface area contributed by atoms with Crippen LogP contribution in [0.1, 0.15) is 36.0 Å². The van der Waals surface area contributed by atoms with Crippen LogP contribution >= 0.6 is 0 Å². The van der Waals surface area contributed by atoms with Crippen molar-refractivity contribution in [3.05, 3.63) is 42.0 Å². The highest BCUT2D eigenvalue weighted by molar-refractivity contribution is 6.19. The second kappa shape index (κ2) is 6.95. The molecular weight excluding hydrogens is 344 g/mol. The Morgan fingerprint density at radius 1 is 1.07 bits per heavy atom. The normalized spacial score (nSPS) is 14.8. The number of hydrogen-bond acceptors (Lipinski definition) is 3. The van der Waals surface area contributed by atoms with Crippen molar-refractivity contribution < 1.29 is 19.4 Å². The van der Waals surface area contributed by atoms with Gasteiger partial charge in [-0.05, 0) is 43.0 Å². The Balaban J connectivity index is 1.98. The fourth-order valence-electron chi connectivity index (χ4n) is 4.27. The Hall–Kier alpha value is -3.02. The van der Waals surface area contributed by atoms with Crippen molar-refractivity contribution in [3.63, 3.8) is 0 Å². The lowest BCUT2D eigenvalue weighted by Gasteiger charge is -2.13. The van der Waals surface area contributed by atoms with E-state index < -0.39 is 18.5 Å². The molecule has 0 spiro atoms. The van der Waals surface area contributed by atoms with E-state index in [1.807, 2.05) is 24.3 Å². The lowest BCUT2D eigenvalue weighted by Crippen LogP contribution is -2.12. The highest BCUT2D eigenvalue weighted by Crippen LogP contribution is 2.39. The molecule has 6 nitrogen and oxygen atoms in total. The predicted octanol–water partition coefficient (Wildman–Crippen LogP) is 3.55. The van der Waals surface area contributed by atoms with Crippen molar-refractivity contribution in [2.75, 3.05) is 6.61 Å². The number of amides is 1. The standard InChI is InChI=1S/C21H22N2O4/c22-21(26)14-7-3-8-15-19(14)20-16(23(15)11-13-5-1-2-6-13)9-4-10-17(20)27-12-18(24)25/h3-4,7-10,13H,1-2,5-6,11-12H2,(H2,22,26)(H,24,25). The third-order valence-corrected chi connectivity index (χ3v) is 5.41. The van der Waals surface area contributed by atoms with Gasteiger partial charge in [0.2, 0.25) is 5.91 Å². The Morgan fingerprint density at radius 2 is 1.74 bits per heavy atom. The van der Waals surface area contributed by atoms with Gasteiger partial charge in [0.15, 0.2) is 6.61 Å². The van der Waals surface area contributed by atoms with Crippen LogP contribution in [0, 0.1) is 5.92 Å². The molecule has 0 radical (unpaired) electrons. The van der Waals surface area contributed by atoms with E-state index in [4.69, 9.17) is 15.6 Å². The highest BCUT2D eigenvalue weighted by Gasteiger charge is 2.22. The number of aliphatic carboxylic acids is 1. The molecule has 2 aromatic carbocycles. The first-order valence-corrected chi connectivity index (χ1v) is 9.24. The fourth-order valence-corrected chi connectivity index (χ4v) is 4.27. The van der Waals surface area contributed by atoms with E-state index in [0.717, 1.165) is 28.4 Å². The van der Waals surface area contributed by atoms with Gasteiger partial charge in [-0.15, -0.1) is 0 Å². The summed E-state index contributed by atoms with van der Waals surface area (Å²) in [5, 5.41) is 10.5. The fraction of sp³-hybridized carbons (Fsp3) is 0.333. The number of benzene rings is 2. The quantitative estimate of drug-likeness (QED) is 0.697. The zero-order chi connectivity index (χ0) is 19.0. The van der Waals surface area contributed by atoms with Crippen molar-refractivity contribution in [3.8, 4) is 5.75 Å². The summed E-state index contributed by atoms with van der Waals surface area (Å²) in [7, 11) is 0. The molecule has 6 heteroatoms. The van der Waals surface area contributed by atoms with Crippen LogP contribution in [0.25, 0.3) is 21.8 Å². The van der Waals surface area contributed by atoms with Gasteiger partial charge in [0.25, 0.3) is 0 Å². The molecule has 140 valence electrons. The van der Waals surface area contributed by atoms with Gasteiger partial charge in [-0.1, -0.05) is 25.0 Å². The number of ether oxygens (including phenoxy) is 1. The van der Waals surface area contributed by atoms with Gasteiger partial charge < -0.3 is 20.1 Å². The number of nitrogens with two attached hydrogens (primary N) is 1. The third-order valence-electron chi connectivity index (χ3n) is 5.41. The molecule has 0 unspecified atom stereocenters. The number of carbonyl (C=O) groups is 2. The SMILES string of the molecule is NC(=O)c1cccc2c1c1c(OCC(=O)O)cccc1n2CC1CCCC1. The summed E-state index contributed by atoms with van der Waals surface area (Å²) in [6.07, 6.45) is 4.90. The molecule has 1 aromatic heterocycles. The minimum atomic E-state index is -1.04. The summed E-state index contributed by atoms with van der Waals surface area (Å²) < 4.78 is 7.76. The summed E-state index contributed by atoms with van der Waals surface area (Å²) in [6, 6.07) is 11.1. The Morgan fingerprint density at radius 3 is 2.41 bits per heavy atom. The van der Waals surface area contributed by atoms with Gasteiger partial charge >= 0.3 is 5.97 Å². The van der Waals surface area contributed by atoms with E-state index in [2.05, 4.69) is 4.57 Å². The van der Waals surface area contributed by atoms with E-state index >= 15 is 0 Å². The summed E-state index contributed by atoms with van der Waals surface area (Å²) in [5.74, 6) is -0.492. The molecule has 0 saturated heterocycles. The maximum Gasteiger partial charge on any atom is 0.341 e. The van der Waals surface area contributed by atoms with Crippen LogP contribution in [0.15, 0.2) is 36.4 Å². The van der Waals surface area contributed by atoms with E-state index in [1.165, 1.54) is 25.7 Å². The van der Waals surface area contributed by atoms with Crippen molar-refractivity contribution in [1.29, 1.82) is 0 Å². The molecule has 27 heavy (non-hydrogen) atoms. The van der Waals surface area contributed by atoms with Gasteiger partial charge in [-0.3, -0.25) is 4.79 Å². The van der Waals surface area contributed by atoms with Crippen LogP contribution < -0.4 is 10.5 Å². The van der Waals surface area contributed by atoms with Crippen molar-refractivity contribution >= 4 is 33.7 Å². The smallest absolute Gasteiger partial charge is 0.341 e. The molecular formula is C21H22N2O4. The van der Waals surface area contributed by atoms with E-state index in [-0.39, 0.29) is 0 Å². The second-order valence-corrected chi connectivity index (χ2v) is 7.16. The average Bonchev–Trinajstić information content (AvgIpc) is 3.27. The Labute approximate surface area is 156 Å². The predicted molar refractivity (Wildman–Crippen MR) is 103 cm³/mol. The van der Waals surface area contributed by atoms with E-state index in [1.54, 1.807) is 12.1 Å². The van der Waals surface area contributed by atoms with Gasteiger partial charge in [-0.2, -0.15) is 0 Å². The van der Waals surface area contributed by atoms with Gasteiger partial charge in [0, 0.05) is 17.5 Å². The first-order valence-electron chi connectivity index (χ1n) is 9.24. The van der Waals surface area contributed by atoms with Gasteiger partial charge in [0.05, 0.1) is 16.4 Å². The maximum atomic E-state index is 12.1. The molecule has 1 fully saturated rings. The summed E-state index contributed by atoms with van der Waals surface area (Å²) in [4.78, 5) is 23.0. The molecule has 1 heterocycles. The summed E-state index contributed by atoms with van der Waals surface area (Å²) >= 11 is 0. The minimum absolute atomic E-state index is 0.425. The molecule has 0 aliphatic heterocycles. The van der Waals surface area contributed by atoms with Crippen LogP contribution in [0.2, 0.25) is 0 Å². The van der Waals surface area contributed by atoms with E-state index in [0.29, 0.717) is 17.2 Å². The number of aromatic nitrogens is 1. The summed E-state index contributed by atoms with van der Waals surface area (Å²) in [6.45, 7) is 0.428. The molecule has 0 bridgehead atoms. The molecule has 3 aromatic rings. The van der Waals surface area contributed by atoms with Crippen LogP contribution in [-0.2, 0) is 11.3 Å². The molecule has 1 aliphatic rings. The number of nitrogens with zero attached hydrogens (tertiary/aromatic N) is 1. The maximum absolute atomic E-state index is 12.1. The minimum Gasteiger partial charge on any atom is -0.481 e. The first kappa shape index (κ1) is 17.4. The molecule has 4 rings (SSSR count). The van der Waals surface area contributed by atoms with Crippen molar-refractivity contribution in [1.82, 2.24) is 4.57 Å². The third kappa shape index (κ3) is 3.12. The number of carboxylic acids is 1. The molecule has 3 N–H and O–H groups in total. The molecule has 1 aliphatic carbocycles. The number of fused-ring (bicyclic) bond motifs is 3. The van der Waals surface area contributed by atoms with Gasteiger partial charge in [-0.25, -0.2) is 4.79 Å². The van der Waals surface area contributed by atoms with Crippen molar-refractivity contribution in [2.24, 2.45) is 11.7 Å². The lowest BCUT2D eigenvalue weighted by atomic mass is 10.1. The molecule has 1 saturated carbocycles. The number of rotatable bonds is 6.